The summed E-state index contributed by atoms with van der Waals surface area (Å²) in [5.41, 5.74) is 7.92. The molecule has 0 radical (unpaired) electrons. The molecular weight excluding hydrogens is 326 g/mol. The van der Waals surface area contributed by atoms with E-state index in [1.54, 1.807) is 6.20 Å². The second-order valence-corrected chi connectivity index (χ2v) is 5.27. The number of aromatic nitrogens is 6. The lowest BCUT2D eigenvalue weighted by Gasteiger charge is -2.04. The van der Waals surface area contributed by atoms with Crippen LogP contribution in [-0.4, -0.2) is 54.0 Å². The average molecular weight is 343 g/mol. The van der Waals surface area contributed by atoms with Crippen molar-refractivity contribution < 1.29 is 14.6 Å². The summed E-state index contributed by atoms with van der Waals surface area (Å²) in [6, 6.07) is 7.83. The Labute approximate surface area is 142 Å². The van der Waals surface area contributed by atoms with Gasteiger partial charge in [-0.15, -0.1) is 10.2 Å². The Morgan fingerprint density at radius 2 is 2.08 bits per heavy atom. The molecule has 2 heterocycles. The van der Waals surface area contributed by atoms with Gasteiger partial charge in [0.2, 0.25) is 5.82 Å². The van der Waals surface area contributed by atoms with Gasteiger partial charge in [0.1, 0.15) is 12.4 Å². The summed E-state index contributed by atoms with van der Waals surface area (Å²) in [4.78, 5) is 15.4. The first-order chi connectivity index (χ1) is 12.1. The fraction of sp³-hybridized carbons (Fsp3) is 0.267. The summed E-state index contributed by atoms with van der Waals surface area (Å²) < 4.78 is 7.93. The van der Waals surface area contributed by atoms with Crippen LogP contribution < -0.4 is 5.73 Å². The number of ether oxygens (including phenoxy) is 1. The number of aliphatic hydroxyl groups excluding tert-OH is 1. The van der Waals surface area contributed by atoms with Gasteiger partial charge in [0.15, 0.2) is 0 Å². The minimum absolute atomic E-state index is 0.0180. The van der Waals surface area contributed by atoms with E-state index in [0.29, 0.717) is 5.69 Å². The van der Waals surface area contributed by atoms with Crippen molar-refractivity contribution in [3.05, 3.63) is 41.9 Å². The number of hydrogen-bond donors (Lipinski definition) is 2. The molecule has 10 heteroatoms. The van der Waals surface area contributed by atoms with Crippen LogP contribution in [-0.2, 0) is 11.5 Å². The van der Waals surface area contributed by atoms with Crippen LogP contribution in [0.1, 0.15) is 16.2 Å². The highest BCUT2D eigenvalue weighted by molar-refractivity contribution is 5.88. The molecule has 10 nitrogen and oxygen atoms in total. The third-order valence-corrected chi connectivity index (χ3v) is 3.37. The van der Waals surface area contributed by atoms with Gasteiger partial charge in [-0.1, -0.05) is 35.0 Å². The predicted molar refractivity (Wildman–Crippen MR) is 86.7 cm³/mol. The second kappa shape index (κ2) is 7.20. The molecule has 130 valence electrons. The van der Waals surface area contributed by atoms with Crippen molar-refractivity contribution in [1.29, 1.82) is 0 Å². The lowest BCUT2D eigenvalue weighted by atomic mass is 10.1. The number of aliphatic hydroxyl groups is 1. The van der Waals surface area contributed by atoms with Crippen LogP contribution in [0.25, 0.3) is 17.2 Å². The van der Waals surface area contributed by atoms with Gasteiger partial charge in [-0.25, -0.2) is 4.68 Å². The maximum absolute atomic E-state index is 11.3. The summed E-state index contributed by atoms with van der Waals surface area (Å²) in [6.07, 6.45) is 1.67. The molecule has 3 N–H and O–H groups in total. The van der Waals surface area contributed by atoms with Gasteiger partial charge >= 0.3 is 0 Å². The van der Waals surface area contributed by atoms with Gasteiger partial charge in [0, 0.05) is 5.56 Å². The number of amides is 1. The lowest BCUT2D eigenvalue weighted by molar-refractivity contribution is 0.0412. The third kappa shape index (κ3) is 3.70. The first-order valence-electron chi connectivity index (χ1n) is 7.51. The largest absolute Gasteiger partial charge is 0.394 e. The Hall–Kier alpha value is -3.11. The number of primary amides is 1. The first kappa shape index (κ1) is 16.7. The molecule has 0 saturated heterocycles. The predicted octanol–water partition coefficient (Wildman–Crippen LogP) is -0.100. The summed E-state index contributed by atoms with van der Waals surface area (Å²) in [5.74, 6) is -0.686. The molecule has 1 amide bonds. The quantitative estimate of drug-likeness (QED) is 0.572. The van der Waals surface area contributed by atoms with Gasteiger partial charge in [-0.2, -0.15) is 9.67 Å². The van der Waals surface area contributed by atoms with Crippen molar-refractivity contribution in [2.24, 2.45) is 5.73 Å². The van der Waals surface area contributed by atoms with E-state index in [4.69, 9.17) is 15.6 Å². The van der Waals surface area contributed by atoms with Gasteiger partial charge in [0.25, 0.3) is 11.9 Å². The highest BCUT2D eigenvalue weighted by Crippen LogP contribution is 2.18. The van der Waals surface area contributed by atoms with E-state index in [9.17, 15) is 4.79 Å². The van der Waals surface area contributed by atoms with Crippen LogP contribution >= 0.6 is 0 Å². The number of carbonyl (C=O) groups is 1. The molecule has 0 saturated carbocycles. The van der Waals surface area contributed by atoms with Crippen LogP contribution in [0.15, 0.2) is 30.5 Å². The first-order valence-corrected chi connectivity index (χ1v) is 7.51. The molecule has 0 unspecified atom stereocenters. The summed E-state index contributed by atoms with van der Waals surface area (Å²) in [5, 5.41) is 20.9. The van der Waals surface area contributed by atoms with E-state index in [1.807, 2.05) is 31.2 Å². The molecule has 25 heavy (non-hydrogen) atoms. The van der Waals surface area contributed by atoms with Crippen molar-refractivity contribution in [1.82, 2.24) is 29.8 Å². The smallest absolute Gasteiger partial charge is 0.288 e. The number of aryl methyl sites for hydroxylation is 1. The number of benzene rings is 1. The maximum Gasteiger partial charge on any atom is 0.288 e. The fourth-order valence-corrected chi connectivity index (χ4v) is 2.13. The Morgan fingerprint density at radius 1 is 1.32 bits per heavy atom. The summed E-state index contributed by atoms with van der Waals surface area (Å²) >= 11 is 0. The molecule has 0 atom stereocenters. The molecule has 1 aromatic carbocycles. The highest BCUT2D eigenvalue weighted by atomic mass is 16.5. The Balaban J connectivity index is 1.92. The van der Waals surface area contributed by atoms with Crippen LogP contribution in [0.3, 0.4) is 0 Å². The van der Waals surface area contributed by atoms with Crippen molar-refractivity contribution in [3.63, 3.8) is 0 Å². The molecule has 0 bridgehead atoms. The number of nitrogens with zero attached hydrogens (tertiary/aromatic N) is 6. The van der Waals surface area contributed by atoms with Crippen LogP contribution in [0.5, 0.6) is 0 Å². The van der Waals surface area contributed by atoms with Crippen molar-refractivity contribution in [2.75, 3.05) is 13.2 Å². The third-order valence-electron chi connectivity index (χ3n) is 3.37. The van der Waals surface area contributed by atoms with Gasteiger partial charge in [-0.3, -0.25) is 4.79 Å². The maximum atomic E-state index is 11.3. The van der Waals surface area contributed by atoms with E-state index in [0.717, 1.165) is 11.1 Å². The summed E-state index contributed by atoms with van der Waals surface area (Å²) in [7, 11) is 0. The van der Waals surface area contributed by atoms with E-state index < -0.39 is 5.91 Å². The SMILES string of the molecule is Cc1ccc(-c2cn(-c3nc(C(N)=O)nn3COCCO)nn2)cc1. The van der Waals surface area contributed by atoms with Crippen LogP contribution in [0.2, 0.25) is 0 Å². The number of rotatable bonds is 7. The monoisotopic (exact) mass is 343 g/mol. The molecule has 0 spiro atoms. The molecule has 3 rings (SSSR count). The lowest BCUT2D eigenvalue weighted by Crippen LogP contribution is -2.14. The Kier molecular flexibility index (Phi) is 4.82. The van der Waals surface area contributed by atoms with Crippen LogP contribution in [0, 0.1) is 6.92 Å². The number of hydrogen-bond acceptors (Lipinski definition) is 7. The summed E-state index contributed by atoms with van der Waals surface area (Å²) in [6.45, 7) is 1.97. The minimum Gasteiger partial charge on any atom is -0.394 e. The number of carbonyl (C=O) groups excluding carboxylic acids is 1. The topological polar surface area (TPSA) is 134 Å². The van der Waals surface area contributed by atoms with Gasteiger partial charge in [-0.05, 0) is 6.92 Å². The van der Waals surface area contributed by atoms with Crippen molar-refractivity contribution in [2.45, 2.75) is 13.7 Å². The van der Waals surface area contributed by atoms with E-state index in [1.165, 1.54) is 9.36 Å². The molecule has 0 fully saturated rings. The normalized spacial score (nSPS) is 11.0. The van der Waals surface area contributed by atoms with Gasteiger partial charge < -0.3 is 15.6 Å². The minimum atomic E-state index is -0.763. The molecular formula is C15H17N7O3. The van der Waals surface area contributed by atoms with E-state index >= 15 is 0 Å². The van der Waals surface area contributed by atoms with Crippen molar-refractivity contribution >= 4 is 5.91 Å². The van der Waals surface area contributed by atoms with Crippen molar-refractivity contribution in [3.8, 4) is 17.2 Å². The fourth-order valence-electron chi connectivity index (χ4n) is 2.13. The van der Waals surface area contributed by atoms with Crippen LogP contribution in [0.4, 0.5) is 0 Å². The van der Waals surface area contributed by atoms with E-state index in [2.05, 4.69) is 20.4 Å². The zero-order valence-electron chi connectivity index (χ0n) is 13.5. The Bertz CT molecular complexity index is 870. The molecule has 3 aromatic rings. The average Bonchev–Trinajstić information content (AvgIpc) is 3.22. The van der Waals surface area contributed by atoms with Gasteiger partial charge in [0.05, 0.1) is 19.4 Å². The molecule has 2 aromatic heterocycles. The van der Waals surface area contributed by atoms with E-state index in [-0.39, 0.29) is 31.7 Å². The molecule has 0 aliphatic carbocycles. The highest BCUT2D eigenvalue weighted by Gasteiger charge is 2.17. The molecule has 0 aliphatic rings. The number of nitrogens with two attached hydrogens (primary N) is 1. The zero-order chi connectivity index (χ0) is 17.8. The zero-order valence-corrected chi connectivity index (χ0v) is 13.5. The molecule has 0 aliphatic heterocycles. The second-order valence-electron chi connectivity index (χ2n) is 5.27. The Morgan fingerprint density at radius 3 is 2.76 bits per heavy atom. The standard InChI is InChI=1S/C15H17N7O3/c1-10-2-4-11(5-3-10)12-8-21(20-18-12)15-17-14(13(16)24)19-22(15)9-25-7-6-23/h2-5,8,23H,6-7,9H2,1H3,(H2,16,24).